The van der Waals surface area contributed by atoms with Gasteiger partial charge in [0, 0.05) is 30.5 Å². The van der Waals surface area contributed by atoms with Gasteiger partial charge in [-0.05, 0) is 50.2 Å². The summed E-state index contributed by atoms with van der Waals surface area (Å²) >= 11 is 0. The van der Waals surface area contributed by atoms with Gasteiger partial charge in [-0.25, -0.2) is 17.5 Å². The average molecular weight is 365 g/mol. The predicted molar refractivity (Wildman–Crippen MR) is 92.6 cm³/mol. The van der Waals surface area contributed by atoms with E-state index in [9.17, 15) is 17.6 Å². The Kier molecular flexibility index (Phi) is 4.91. The first kappa shape index (κ1) is 17.6. The molecule has 0 unspecified atom stereocenters. The Morgan fingerprint density at radius 2 is 2.04 bits per heavy atom. The summed E-state index contributed by atoms with van der Waals surface area (Å²) in [5, 5.41) is 0. The molecule has 25 heavy (non-hydrogen) atoms. The molecule has 2 aromatic rings. The van der Waals surface area contributed by atoms with Gasteiger partial charge in [-0.15, -0.1) is 0 Å². The molecule has 1 atom stereocenters. The zero-order valence-corrected chi connectivity index (χ0v) is 14.7. The van der Waals surface area contributed by atoms with Crippen LogP contribution in [0.1, 0.15) is 23.2 Å². The molecule has 0 spiro atoms. The number of carbonyl (C=O) groups excluding carboxylic acids is 1. The van der Waals surface area contributed by atoms with Gasteiger partial charge >= 0.3 is 0 Å². The molecule has 1 aromatic carbocycles. The van der Waals surface area contributed by atoms with Crippen LogP contribution in [0.15, 0.2) is 42.7 Å². The van der Waals surface area contributed by atoms with Crippen LogP contribution in [-0.2, 0) is 10.0 Å². The number of aromatic nitrogens is 1. The fraction of sp³-hybridized carbons (Fsp3) is 0.353. The molecule has 0 radical (unpaired) electrons. The van der Waals surface area contributed by atoms with Crippen LogP contribution in [0.3, 0.4) is 0 Å². The summed E-state index contributed by atoms with van der Waals surface area (Å²) in [4.78, 5) is 14.2. The molecule has 1 saturated heterocycles. The largest absolute Gasteiger partial charge is 0.335 e. The summed E-state index contributed by atoms with van der Waals surface area (Å²) in [7, 11) is -2.06. The van der Waals surface area contributed by atoms with Crippen LogP contribution in [-0.4, -0.2) is 49.2 Å². The van der Waals surface area contributed by atoms with Crippen LogP contribution in [0.25, 0.3) is 5.69 Å². The van der Waals surface area contributed by atoms with Crippen molar-refractivity contribution in [2.75, 3.05) is 19.3 Å². The molecule has 1 aliphatic rings. The number of halogens is 1. The Morgan fingerprint density at radius 3 is 2.68 bits per heavy atom. The maximum Gasteiger partial charge on any atom is 0.254 e. The van der Waals surface area contributed by atoms with Gasteiger partial charge in [0.25, 0.3) is 5.91 Å². The molecule has 1 N–H and O–H groups in total. The van der Waals surface area contributed by atoms with Crippen LogP contribution < -0.4 is 4.72 Å². The first-order chi connectivity index (χ1) is 11.9. The molecule has 2 heterocycles. The SMILES string of the molecule is CNS(=O)(=O)C[C@@H]1CCCN1C(=O)c1ccc(-n2cccc2)c(F)c1. The third-order valence-electron chi connectivity index (χ3n) is 4.44. The van der Waals surface area contributed by atoms with Gasteiger partial charge in [0.2, 0.25) is 10.0 Å². The number of nitrogens with one attached hydrogen (secondary N) is 1. The highest BCUT2D eigenvalue weighted by Gasteiger charge is 2.32. The zero-order chi connectivity index (χ0) is 18.0. The van der Waals surface area contributed by atoms with Crippen LogP contribution >= 0.6 is 0 Å². The van der Waals surface area contributed by atoms with E-state index in [0.29, 0.717) is 18.7 Å². The molecule has 0 aliphatic carbocycles. The number of hydrogen-bond donors (Lipinski definition) is 1. The maximum atomic E-state index is 14.4. The van der Waals surface area contributed by atoms with E-state index < -0.39 is 21.9 Å². The second kappa shape index (κ2) is 6.97. The number of hydrogen-bond acceptors (Lipinski definition) is 3. The Balaban J connectivity index is 1.82. The summed E-state index contributed by atoms with van der Waals surface area (Å²) < 4.78 is 41.8. The van der Waals surface area contributed by atoms with Crippen LogP contribution in [0.2, 0.25) is 0 Å². The standard InChI is InChI=1S/C17H20FN3O3S/c1-19-25(23,24)12-14-5-4-10-21(14)17(22)13-6-7-16(15(18)11-13)20-8-2-3-9-20/h2-3,6-9,11,14,19H,4-5,10,12H2,1H3/t14-/m0/s1. The van der Waals surface area contributed by atoms with Crippen molar-refractivity contribution >= 4 is 15.9 Å². The van der Waals surface area contributed by atoms with Crippen LogP contribution in [0.5, 0.6) is 0 Å². The fourth-order valence-electron chi connectivity index (χ4n) is 3.12. The van der Waals surface area contributed by atoms with E-state index in [2.05, 4.69) is 4.72 Å². The smallest absolute Gasteiger partial charge is 0.254 e. The Bertz CT molecular complexity index is 865. The number of rotatable bonds is 5. The van der Waals surface area contributed by atoms with E-state index in [1.807, 2.05) is 0 Å². The van der Waals surface area contributed by atoms with Crippen molar-refractivity contribution in [1.29, 1.82) is 0 Å². The van der Waals surface area contributed by atoms with E-state index >= 15 is 0 Å². The number of likely N-dealkylation sites (tertiary alicyclic amines) is 1. The summed E-state index contributed by atoms with van der Waals surface area (Å²) in [6.07, 6.45) is 4.80. The topological polar surface area (TPSA) is 71.4 Å². The highest BCUT2D eigenvalue weighted by atomic mass is 32.2. The van der Waals surface area contributed by atoms with E-state index in [4.69, 9.17) is 0 Å². The van der Waals surface area contributed by atoms with Crippen LogP contribution in [0, 0.1) is 5.82 Å². The minimum atomic E-state index is -3.42. The molecule has 1 aromatic heterocycles. The lowest BCUT2D eigenvalue weighted by atomic mass is 10.1. The quantitative estimate of drug-likeness (QED) is 0.878. The Morgan fingerprint density at radius 1 is 1.32 bits per heavy atom. The fourth-order valence-corrected chi connectivity index (χ4v) is 4.14. The number of nitrogens with zero attached hydrogens (tertiary/aromatic N) is 2. The molecule has 1 fully saturated rings. The Labute approximate surface area is 146 Å². The molecule has 1 amide bonds. The highest BCUT2D eigenvalue weighted by Crippen LogP contribution is 2.23. The lowest BCUT2D eigenvalue weighted by Crippen LogP contribution is -2.41. The number of amides is 1. The summed E-state index contributed by atoms with van der Waals surface area (Å²) in [6, 6.07) is 7.52. The molecule has 0 saturated carbocycles. The van der Waals surface area contributed by atoms with Crippen molar-refractivity contribution in [3.05, 3.63) is 54.1 Å². The maximum absolute atomic E-state index is 14.4. The van der Waals surface area contributed by atoms with Gasteiger partial charge in [0.15, 0.2) is 0 Å². The lowest BCUT2D eigenvalue weighted by Gasteiger charge is -2.24. The molecular formula is C17H20FN3O3S. The van der Waals surface area contributed by atoms with Crippen LogP contribution in [0.4, 0.5) is 4.39 Å². The molecule has 134 valence electrons. The zero-order valence-electron chi connectivity index (χ0n) is 13.9. The van der Waals surface area contributed by atoms with E-state index in [1.54, 1.807) is 41.2 Å². The third-order valence-corrected chi connectivity index (χ3v) is 5.88. The monoisotopic (exact) mass is 365 g/mol. The molecule has 8 heteroatoms. The van der Waals surface area contributed by atoms with Crippen molar-refractivity contribution in [2.45, 2.75) is 18.9 Å². The second-order valence-corrected chi connectivity index (χ2v) is 8.01. The summed E-state index contributed by atoms with van der Waals surface area (Å²) in [5.41, 5.74) is 0.583. The lowest BCUT2D eigenvalue weighted by molar-refractivity contribution is 0.0748. The van der Waals surface area contributed by atoms with Gasteiger partial charge in [0.1, 0.15) is 5.82 Å². The Hall–Kier alpha value is -2.19. The summed E-state index contributed by atoms with van der Waals surface area (Å²) in [5.74, 6) is -0.980. The first-order valence-corrected chi connectivity index (χ1v) is 9.71. The molecule has 3 rings (SSSR count). The molecular weight excluding hydrogens is 345 g/mol. The van der Waals surface area contributed by atoms with E-state index in [-0.39, 0.29) is 17.2 Å². The molecule has 0 bridgehead atoms. The van der Waals surface area contributed by atoms with Gasteiger partial charge in [-0.2, -0.15) is 0 Å². The van der Waals surface area contributed by atoms with Crippen molar-refractivity contribution < 1.29 is 17.6 Å². The molecule has 6 nitrogen and oxygen atoms in total. The minimum absolute atomic E-state index is 0.140. The number of sulfonamides is 1. The van der Waals surface area contributed by atoms with Gasteiger partial charge < -0.3 is 9.47 Å². The first-order valence-electron chi connectivity index (χ1n) is 8.06. The normalized spacial score (nSPS) is 17.8. The third kappa shape index (κ3) is 3.74. The number of benzene rings is 1. The number of carbonyl (C=O) groups is 1. The predicted octanol–water partition coefficient (Wildman–Crippen LogP) is 1.77. The van der Waals surface area contributed by atoms with Gasteiger partial charge in [0.05, 0.1) is 11.4 Å². The van der Waals surface area contributed by atoms with Crippen molar-refractivity contribution in [3.8, 4) is 5.69 Å². The van der Waals surface area contributed by atoms with E-state index in [1.165, 1.54) is 18.0 Å². The average Bonchev–Trinajstić information content (AvgIpc) is 3.25. The highest BCUT2D eigenvalue weighted by molar-refractivity contribution is 7.89. The molecule has 1 aliphatic heterocycles. The van der Waals surface area contributed by atoms with Crippen molar-refractivity contribution in [3.63, 3.8) is 0 Å². The van der Waals surface area contributed by atoms with E-state index in [0.717, 1.165) is 6.42 Å². The minimum Gasteiger partial charge on any atom is -0.335 e. The van der Waals surface area contributed by atoms with Gasteiger partial charge in [-0.1, -0.05) is 0 Å². The van der Waals surface area contributed by atoms with Gasteiger partial charge in [-0.3, -0.25) is 4.79 Å². The van der Waals surface area contributed by atoms with Crippen molar-refractivity contribution in [2.24, 2.45) is 0 Å². The summed E-state index contributed by atoms with van der Waals surface area (Å²) in [6.45, 7) is 0.476. The van der Waals surface area contributed by atoms with Crippen molar-refractivity contribution in [1.82, 2.24) is 14.2 Å². The second-order valence-electron chi connectivity index (χ2n) is 6.04.